The Labute approximate surface area is 286 Å². The van der Waals surface area contributed by atoms with Crippen LogP contribution in [-0.2, 0) is 16.6 Å². The summed E-state index contributed by atoms with van der Waals surface area (Å²) in [5.41, 5.74) is 11.3. The number of carbonyl (C=O) groups is 4. The molecule has 49 heavy (non-hydrogen) atoms. The summed E-state index contributed by atoms with van der Waals surface area (Å²) in [6, 6.07) is 12.3. The Morgan fingerprint density at radius 1 is 1.06 bits per heavy atom. The van der Waals surface area contributed by atoms with Crippen molar-refractivity contribution in [3.8, 4) is 5.75 Å². The minimum absolute atomic E-state index is 0.110. The molecule has 2 aromatic carbocycles. The number of piperazine rings is 1. The molecule has 2 heterocycles. The number of nitrogens with two attached hydrogens (primary N) is 2. The van der Waals surface area contributed by atoms with Gasteiger partial charge in [0.15, 0.2) is 11.7 Å². The number of hydrogen-bond donors (Lipinski definition) is 4. The van der Waals surface area contributed by atoms with Crippen molar-refractivity contribution in [2.24, 2.45) is 23.5 Å². The molecular weight excluding hydrogens is 660 g/mol. The Kier molecular flexibility index (Phi) is 12.4. The number of nitrogens with zero attached hydrogens (tertiary/aromatic N) is 5. The van der Waals surface area contributed by atoms with E-state index in [4.69, 9.17) is 37.6 Å². The van der Waals surface area contributed by atoms with E-state index in [1.807, 2.05) is 6.07 Å². The molecule has 1 fully saturated rings. The number of carboxylic acids is 1. The van der Waals surface area contributed by atoms with Gasteiger partial charge in [0.05, 0.1) is 15.9 Å². The van der Waals surface area contributed by atoms with Crippen LogP contribution in [0.15, 0.2) is 58.3 Å². The van der Waals surface area contributed by atoms with E-state index in [0.717, 1.165) is 0 Å². The predicted molar refractivity (Wildman–Crippen MR) is 183 cm³/mol. The molecule has 0 bridgehead atoms. The van der Waals surface area contributed by atoms with E-state index in [1.165, 1.54) is 26.3 Å². The molecule has 262 valence electrons. The van der Waals surface area contributed by atoms with Gasteiger partial charge in [-0.25, -0.2) is 9.59 Å². The van der Waals surface area contributed by atoms with Gasteiger partial charge in [-0.2, -0.15) is 0 Å². The lowest BCUT2D eigenvalue weighted by Gasteiger charge is -2.33. The number of anilines is 1. The SMILES string of the molecule is CCN(C(=O)c1c(OCOC(=O)N2CCN(C(=O)NC(N)=NCCCC(N)C(=O)O)CC2)c2c(Cl)cccc2n(C)c1=O)c1ccccc1. The monoisotopic (exact) mass is 698 g/mol. The van der Waals surface area contributed by atoms with Crippen molar-refractivity contribution in [3.05, 3.63) is 69.5 Å². The highest BCUT2D eigenvalue weighted by molar-refractivity contribution is 6.36. The number of carboxylic acid groups (broad SMARTS) is 1. The van der Waals surface area contributed by atoms with Crippen molar-refractivity contribution in [3.63, 3.8) is 0 Å². The molecule has 3 aromatic rings. The zero-order chi connectivity index (χ0) is 35.7. The number of nitrogens with one attached hydrogen (secondary N) is 1. The standard InChI is InChI=1S/C32H39ClN8O8/c1-3-41(20-9-5-4-6-10-20)28(43)25-26(24-21(33)11-7-13-23(24)38(2)27(25)42)48-19-49-32(47)40-17-15-39(16-18-40)31(46)37-30(35)36-14-8-12-22(34)29(44)45/h4-7,9-11,13,22H,3,8,12,14-19,34H2,1-2H3,(H,44,45)(H3,35,36,37,46). The molecule has 1 saturated heterocycles. The number of rotatable bonds is 11. The van der Waals surface area contributed by atoms with E-state index in [1.54, 1.807) is 49.4 Å². The van der Waals surface area contributed by atoms with Crippen LogP contribution in [0.2, 0.25) is 5.02 Å². The van der Waals surface area contributed by atoms with E-state index < -0.39 is 42.4 Å². The molecule has 0 saturated carbocycles. The van der Waals surface area contributed by atoms with E-state index in [9.17, 15) is 24.0 Å². The molecule has 1 aliphatic rings. The third kappa shape index (κ3) is 8.77. The Hall–Kier alpha value is -5.35. The molecule has 16 nitrogen and oxygen atoms in total. The van der Waals surface area contributed by atoms with Crippen molar-refractivity contribution in [1.29, 1.82) is 0 Å². The number of ether oxygens (including phenoxy) is 2. The number of benzene rings is 2. The molecule has 1 unspecified atom stereocenters. The van der Waals surface area contributed by atoms with E-state index >= 15 is 0 Å². The third-order valence-corrected chi connectivity index (χ3v) is 8.20. The molecule has 17 heteroatoms. The lowest BCUT2D eigenvalue weighted by atomic mass is 10.1. The summed E-state index contributed by atoms with van der Waals surface area (Å²) in [6.45, 7) is 2.22. The van der Waals surface area contributed by atoms with Crippen molar-refractivity contribution in [1.82, 2.24) is 19.7 Å². The molecular formula is C32H39ClN8O8. The van der Waals surface area contributed by atoms with Crippen molar-refractivity contribution in [2.45, 2.75) is 25.8 Å². The second-order valence-corrected chi connectivity index (χ2v) is 11.4. The normalized spacial score (nSPS) is 13.9. The highest BCUT2D eigenvalue weighted by Crippen LogP contribution is 2.34. The molecule has 4 amide bonds. The fraction of sp³-hybridized carbons (Fsp3) is 0.375. The van der Waals surface area contributed by atoms with Crippen LogP contribution in [0, 0.1) is 0 Å². The van der Waals surface area contributed by atoms with Gasteiger partial charge in [0.2, 0.25) is 6.79 Å². The van der Waals surface area contributed by atoms with Gasteiger partial charge in [-0.15, -0.1) is 0 Å². The summed E-state index contributed by atoms with van der Waals surface area (Å²) in [7, 11) is 1.53. The number of aromatic nitrogens is 1. The average Bonchev–Trinajstić information content (AvgIpc) is 3.09. The number of pyridine rings is 1. The minimum atomic E-state index is -1.11. The lowest BCUT2D eigenvalue weighted by Crippen LogP contribution is -2.55. The lowest BCUT2D eigenvalue weighted by molar-refractivity contribution is -0.138. The van der Waals surface area contributed by atoms with Gasteiger partial charge in [-0.3, -0.25) is 24.7 Å². The number of halogens is 1. The van der Waals surface area contributed by atoms with E-state index in [0.29, 0.717) is 23.0 Å². The number of aliphatic carboxylic acids is 1. The molecule has 0 aliphatic carbocycles. The molecule has 1 aromatic heterocycles. The van der Waals surface area contributed by atoms with Gasteiger partial charge >= 0.3 is 18.1 Å². The quantitative estimate of drug-likeness (QED) is 0.0991. The van der Waals surface area contributed by atoms with Gasteiger partial charge < -0.3 is 45.3 Å². The number of para-hydroxylation sites is 1. The topological polar surface area (TPSA) is 215 Å². The second-order valence-electron chi connectivity index (χ2n) is 11.0. The summed E-state index contributed by atoms with van der Waals surface area (Å²) < 4.78 is 12.6. The van der Waals surface area contributed by atoms with Gasteiger partial charge in [0, 0.05) is 52.0 Å². The number of guanidine groups is 1. The van der Waals surface area contributed by atoms with Gasteiger partial charge in [-0.1, -0.05) is 35.9 Å². The third-order valence-electron chi connectivity index (χ3n) is 7.89. The van der Waals surface area contributed by atoms with Gasteiger partial charge in [-0.05, 0) is 44.0 Å². The highest BCUT2D eigenvalue weighted by atomic mass is 35.5. The zero-order valence-electron chi connectivity index (χ0n) is 27.1. The average molecular weight is 699 g/mol. The smallest absolute Gasteiger partial charge is 0.412 e. The van der Waals surface area contributed by atoms with Gasteiger partial charge in [0.1, 0.15) is 11.6 Å². The summed E-state index contributed by atoms with van der Waals surface area (Å²) in [5.74, 6) is -1.95. The molecule has 4 rings (SSSR count). The maximum absolute atomic E-state index is 13.9. The van der Waals surface area contributed by atoms with Crippen molar-refractivity contribution < 1.29 is 33.8 Å². The first-order valence-corrected chi connectivity index (χ1v) is 15.9. The number of aryl methyl sites for hydroxylation is 1. The molecule has 0 radical (unpaired) electrons. The van der Waals surface area contributed by atoms with Crippen LogP contribution >= 0.6 is 11.6 Å². The van der Waals surface area contributed by atoms with E-state index in [2.05, 4.69) is 10.3 Å². The molecule has 1 atom stereocenters. The minimum Gasteiger partial charge on any atom is -0.480 e. The number of fused-ring (bicyclic) bond motifs is 1. The summed E-state index contributed by atoms with van der Waals surface area (Å²) >= 11 is 6.57. The second kappa shape index (κ2) is 16.7. The Morgan fingerprint density at radius 2 is 1.73 bits per heavy atom. The number of carbonyl (C=O) groups excluding carboxylic acids is 3. The Morgan fingerprint density at radius 3 is 2.39 bits per heavy atom. The fourth-order valence-corrected chi connectivity index (χ4v) is 5.48. The first-order valence-electron chi connectivity index (χ1n) is 15.5. The van der Waals surface area contributed by atoms with Crippen LogP contribution in [0.5, 0.6) is 5.75 Å². The number of aliphatic imine (C=N–C) groups is 1. The summed E-state index contributed by atoms with van der Waals surface area (Å²) in [5, 5.41) is 11.8. The van der Waals surface area contributed by atoms with Gasteiger partial charge in [0.25, 0.3) is 11.5 Å². The van der Waals surface area contributed by atoms with Crippen LogP contribution in [0.1, 0.15) is 30.1 Å². The van der Waals surface area contributed by atoms with Crippen LogP contribution < -0.4 is 32.0 Å². The Balaban J connectivity index is 1.40. The van der Waals surface area contributed by atoms with Crippen LogP contribution in [0.3, 0.4) is 0 Å². The fourth-order valence-electron chi connectivity index (χ4n) is 5.22. The maximum atomic E-state index is 13.9. The summed E-state index contributed by atoms with van der Waals surface area (Å²) in [4.78, 5) is 72.2. The Bertz CT molecular complexity index is 1780. The molecule has 1 aliphatic heterocycles. The predicted octanol–water partition coefficient (Wildman–Crippen LogP) is 2.17. The molecule has 0 spiro atoms. The number of urea groups is 1. The van der Waals surface area contributed by atoms with Crippen LogP contribution in [0.4, 0.5) is 15.3 Å². The van der Waals surface area contributed by atoms with Crippen LogP contribution in [0.25, 0.3) is 10.9 Å². The number of amides is 4. The largest absolute Gasteiger partial charge is 0.480 e. The number of hydrogen-bond acceptors (Lipinski definition) is 9. The van der Waals surface area contributed by atoms with Crippen molar-refractivity contribution in [2.75, 3.05) is 51.0 Å². The first kappa shape index (κ1) is 36.5. The van der Waals surface area contributed by atoms with E-state index in [-0.39, 0.29) is 68.0 Å². The van der Waals surface area contributed by atoms with Crippen LogP contribution in [-0.4, -0.2) is 102 Å². The highest BCUT2D eigenvalue weighted by Gasteiger charge is 2.29. The maximum Gasteiger partial charge on any atom is 0.412 e. The summed E-state index contributed by atoms with van der Waals surface area (Å²) in [6.07, 6.45) is -0.143. The zero-order valence-corrected chi connectivity index (χ0v) is 27.9. The molecule has 6 N–H and O–H groups in total. The first-order chi connectivity index (χ1) is 23.4. The van der Waals surface area contributed by atoms with Crippen molar-refractivity contribution >= 4 is 58.2 Å².